The molecule has 144 valence electrons. The Morgan fingerprint density at radius 2 is 2.11 bits per heavy atom. The zero-order chi connectivity index (χ0) is 20.0. The molecule has 0 aliphatic heterocycles. The summed E-state index contributed by atoms with van der Waals surface area (Å²) in [6, 6.07) is 4.82. The maximum Gasteiger partial charge on any atom is 0.348 e. The van der Waals surface area contributed by atoms with Gasteiger partial charge in [-0.3, -0.25) is 4.79 Å². The van der Waals surface area contributed by atoms with E-state index in [0.717, 1.165) is 22.7 Å². The minimum atomic E-state index is -3.81. The molecule has 0 radical (unpaired) electrons. The number of anilines is 1. The predicted molar refractivity (Wildman–Crippen MR) is 98.7 cm³/mol. The first-order chi connectivity index (χ1) is 12.8. The SMILES string of the molecule is CCOC(=O)c1sc(N)c(C#N)c1COC(=O)CNS(=O)(=O)c1cccs1. The minimum Gasteiger partial charge on any atom is -0.462 e. The number of nitriles is 1. The lowest BCUT2D eigenvalue weighted by molar-refractivity contribution is -0.143. The second-order valence-electron chi connectivity index (χ2n) is 4.90. The number of nitrogens with zero attached hydrogens (tertiary/aromatic N) is 1. The molecule has 0 aliphatic rings. The third-order valence-corrected chi connectivity index (χ3v) is 6.99. The number of nitrogens with one attached hydrogen (secondary N) is 1. The molecular weight excluding hydrogens is 414 g/mol. The van der Waals surface area contributed by atoms with Crippen LogP contribution < -0.4 is 10.5 Å². The molecule has 2 aromatic heterocycles. The number of carbonyl (C=O) groups is 2. The summed E-state index contributed by atoms with van der Waals surface area (Å²) >= 11 is 1.87. The van der Waals surface area contributed by atoms with E-state index < -0.39 is 35.1 Å². The molecule has 9 nitrogen and oxygen atoms in total. The van der Waals surface area contributed by atoms with Crippen molar-refractivity contribution in [3.63, 3.8) is 0 Å². The Bertz CT molecular complexity index is 973. The van der Waals surface area contributed by atoms with Crippen molar-refractivity contribution in [2.24, 2.45) is 0 Å². The van der Waals surface area contributed by atoms with Crippen LogP contribution in [0.3, 0.4) is 0 Å². The topological polar surface area (TPSA) is 149 Å². The molecule has 27 heavy (non-hydrogen) atoms. The van der Waals surface area contributed by atoms with Crippen LogP contribution >= 0.6 is 22.7 Å². The summed E-state index contributed by atoms with van der Waals surface area (Å²) in [6.07, 6.45) is 0. The van der Waals surface area contributed by atoms with Gasteiger partial charge < -0.3 is 15.2 Å². The molecule has 0 spiro atoms. The third kappa shape index (κ3) is 5.04. The highest BCUT2D eigenvalue weighted by Gasteiger charge is 2.24. The van der Waals surface area contributed by atoms with Gasteiger partial charge in [0.05, 0.1) is 12.2 Å². The van der Waals surface area contributed by atoms with Crippen LogP contribution in [0.15, 0.2) is 21.7 Å². The summed E-state index contributed by atoms with van der Waals surface area (Å²) in [5, 5.41) is 10.9. The summed E-state index contributed by atoms with van der Waals surface area (Å²) < 4.78 is 36.0. The van der Waals surface area contributed by atoms with E-state index in [1.54, 1.807) is 18.4 Å². The number of thiophene rings is 2. The van der Waals surface area contributed by atoms with E-state index in [0.29, 0.717) is 0 Å². The fourth-order valence-corrected chi connectivity index (χ4v) is 4.88. The van der Waals surface area contributed by atoms with Gasteiger partial charge in [0.2, 0.25) is 0 Å². The molecule has 2 rings (SSSR count). The summed E-state index contributed by atoms with van der Waals surface area (Å²) in [7, 11) is -3.81. The molecule has 0 aromatic carbocycles. The van der Waals surface area contributed by atoms with Crippen LogP contribution in [-0.2, 0) is 30.9 Å². The Kier molecular flexibility index (Phi) is 6.92. The first-order valence-electron chi connectivity index (χ1n) is 7.47. The van der Waals surface area contributed by atoms with E-state index in [4.69, 9.17) is 15.2 Å². The van der Waals surface area contributed by atoms with Crippen LogP contribution in [0.25, 0.3) is 0 Å². The highest BCUT2D eigenvalue weighted by Crippen LogP contribution is 2.31. The molecule has 0 atom stereocenters. The van der Waals surface area contributed by atoms with Gasteiger partial charge in [-0.1, -0.05) is 6.07 Å². The number of nitrogens with two attached hydrogens (primary N) is 1. The summed E-state index contributed by atoms with van der Waals surface area (Å²) in [5.74, 6) is -1.56. The van der Waals surface area contributed by atoms with Gasteiger partial charge >= 0.3 is 11.9 Å². The average molecular weight is 430 g/mol. The van der Waals surface area contributed by atoms with E-state index in [9.17, 15) is 23.3 Å². The van der Waals surface area contributed by atoms with Gasteiger partial charge in [-0.15, -0.1) is 22.7 Å². The Hall–Kier alpha value is -2.46. The Balaban J connectivity index is 2.04. The molecule has 12 heteroatoms. The van der Waals surface area contributed by atoms with Gasteiger partial charge in [-0.2, -0.15) is 9.98 Å². The van der Waals surface area contributed by atoms with Crippen molar-refractivity contribution in [1.29, 1.82) is 5.26 Å². The molecule has 0 saturated heterocycles. The summed E-state index contributed by atoms with van der Waals surface area (Å²) in [6.45, 7) is 0.739. The fourth-order valence-electron chi connectivity index (χ4n) is 1.95. The minimum absolute atomic E-state index is 0.0232. The zero-order valence-corrected chi connectivity index (χ0v) is 16.5. The smallest absolute Gasteiger partial charge is 0.348 e. The molecular formula is C15H15N3O6S3. The number of hydrogen-bond acceptors (Lipinski definition) is 10. The van der Waals surface area contributed by atoms with Crippen molar-refractivity contribution in [3.8, 4) is 6.07 Å². The van der Waals surface area contributed by atoms with Gasteiger partial charge in [0.15, 0.2) is 0 Å². The maximum absolute atomic E-state index is 12.0. The number of rotatable bonds is 8. The summed E-state index contributed by atoms with van der Waals surface area (Å²) in [5.41, 5.74) is 5.88. The summed E-state index contributed by atoms with van der Waals surface area (Å²) in [4.78, 5) is 23.9. The van der Waals surface area contributed by atoms with Crippen LogP contribution in [0.5, 0.6) is 0 Å². The molecule has 0 aliphatic carbocycles. The largest absolute Gasteiger partial charge is 0.462 e. The van der Waals surface area contributed by atoms with Crippen molar-refractivity contribution in [2.75, 3.05) is 18.9 Å². The lowest BCUT2D eigenvalue weighted by Crippen LogP contribution is -2.30. The van der Waals surface area contributed by atoms with Gasteiger partial charge in [0.1, 0.15) is 33.3 Å². The highest BCUT2D eigenvalue weighted by molar-refractivity contribution is 7.91. The molecule has 2 aromatic rings. The number of ether oxygens (including phenoxy) is 2. The van der Waals surface area contributed by atoms with Crippen LogP contribution in [0.2, 0.25) is 0 Å². The standard InChI is InChI=1S/C15H15N3O6S3/c1-2-23-15(20)13-10(9(6-16)14(17)26-13)8-24-11(19)7-18-27(21,22)12-4-3-5-25-12/h3-5,18H,2,7-8,17H2,1H3. The molecule has 0 fully saturated rings. The van der Waals surface area contributed by atoms with Gasteiger partial charge in [-0.05, 0) is 18.4 Å². The zero-order valence-electron chi connectivity index (χ0n) is 14.1. The molecule has 0 bridgehead atoms. The lowest BCUT2D eigenvalue weighted by Gasteiger charge is -2.07. The van der Waals surface area contributed by atoms with E-state index in [2.05, 4.69) is 4.72 Å². The van der Waals surface area contributed by atoms with Crippen molar-refractivity contribution in [3.05, 3.63) is 33.5 Å². The first kappa shape index (κ1) is 20.8. The predicted octanol–water partition coefficient (Wildman–Crippen LogP) is 1.46. The number of sulfonamides is 1. The number of nitrogen functional groups attached to an aromatic ring is 1. The van der Waals surface area contributed by atoms with E-state index >= 15 is 0 Å². The van der Waals surface area contributed by atoms with Crippen molar-refractivity contribution < 1.29 is 27.5 Å². The van der Waals surface area contributed by atoms with Gasteiger partial charge in [0.25, 0.3) is 10.0 Å². The Labute approximate surface area is 163 Å². The van der Waals surface area contributed by atoms with E-state index in [1.807, 2.05) is 6.07 Å². The third-order valence-electron chi connectivity index (χ3n) is 3.15. The fraction of sp³-hybridized carbons (Fsp3) is 0.267. The second-order valence-corrected chi connectivity index (χ2v) is 8.89. The van der Waals surface area contributed by atoms with E-state index in [1.165, 1.54) is 6.07 Å². The monoisotopic (exact) mass is 429 g/mol. The van der Waals surface area contributed by atoms with Crippen LogP contribution in [0.4, 0.5) is 5.00 Å². The van der Waals surface area contributed by atoms with Crippen LogP contribution in [0.1, 0.15) is 27.7 Å². The molecule has 3 N–H and O–H groups in total. The maximum atomic E-state index is 12.0. The van der Waals surface area contributed by atoms with Crippen LogP contribution in [-0.4, -0.2) is 33.5 Å². The lowest BCUT2D eigenvalue weighted by atomic mass is 10.1. The Morgan fingerprint density at radius 1 is 1.37 bits per heavy atom. The second kappa shape index (κ2) is 8.96. The van der Waals surface area contributed by atoms with Gasteiger partial charge in [-0.25, -0.2) is 13.2 Å². The van der Waals surface area contributed by atoms with E-state index in [-0.39, 0.29) is 31.8 Å². The number of carbonyl (C=O) groups excluding carboxylic acids is 2. The first-order valence-corrected chi connectivity index (χ1v) is 10.6. The Morgan fingerprint density at radius 3 is 2.70 bits per heavy atom. The normalized spacial score (nSPS) is 11.0. The highest BCUT2D eigenvalue weighted by atomic mass is 32.2. The molecule has 2 heterocycles. The van der Waals surface area contributed by atoms with Gasteiger partial charge in [0, 0.05) is 5.56 Å². The quantitative estimate of drug-likeness (QED) is 0.599. The van der Waals surface area contributed by atoms with Crippen molar-refractivity contribution in [1.82, 2.24) is 4.72 Å². The number of esters is 2. The number of hydrogen-bond donors (Lipinski definition) is 2. The molecule has 0 unspecified atom stereocenters. The molecule has 0 saturated carbocycles. The average Bonchev–Trinajstić information content (AvgIpc) is 3.26. The van der Waals surface area contributed by atoms with Crippen molar-refractivity contribution >= 4 is 49.6 Å². The van der Waals surface area contributed by atoms with Crippen molar-refractivity contribution in [2.45, 2.75) is 17.7 Å². The van der Waals surface area contributed by atoms with Crippen LogP contribution in [0, 0.1) is 11.3 Å². The molecule has 0 amide bonds.